The van der Waals surface area contributed by atoms with Gasteiger partial charge in [-0.3, -0.25) is 4.21 Å². The molecule has 0 saturated heterocycles. The molecule has 0 radical (unpaired) electrons. The summed E-state index contributed by atoms with van der Waals surface area (Å²) < 4.78 is 21.9. The van der Waals surface area contributed by atoms with Crippen LogP contribution in [0.4, 0.5) is 0 Å². The van der Waals surface area contributed by atoms with Gasteiger partial charge in [-0.2, -0.15) is 4.09 Å². The molecule has 0 spiro atoms. The zero-order valence-corrected chi connectivity index (χ0v) is 6.69. The predicted octanol–water partition coefficient (Wildman–Crippen LogP) is 0.0735. The Morgan fingerprint density at radius 1 is 1.42 bits per heavy atom. The van der Waals surface area contributed by atoms with Crippen molar-refractivity contribution in [3.8, 4) is 0 Å². The zero-order valence-electron chi connectivity index (χ0n) is 5.88. The van der Waals surface area contributed by atoms with Crippen molar-refractivity contribution in [1.82, 2.24) is 14.4 Å². The molecule has 0 saturated carbocycles. The average Bonchev–Trinajstić information content (AvgIpc) is 2.47. The summed E-state index contributed by atoms with van der Waals surface area (Å²) in [4.78, 5) is 0. The number of benzene rings is 1. The molecular formula is C6H4N3O2S-. The summed E-state index contributed by atoms with van der Waals surface area (Å²) in [7, 11) is 0. The minimum atomic E-state index is -2.38. The Bertz CT molecular complexity index is 439. The van der Waals surface area contributed by atoms with E-state index < -0.39 is 11.3 Å². The number of aromatic nitrogens is 3. The normalized spacial score (nSPS) is 13.4. The van der Waals surface area contributed by atoms with E-state index in [1.54, 1.807) is 24.3 Å². The molecule has 0 fully saturated rings. The monoisotopic (exact) mass is 182 g/mol. The SMILES string of the molecule is O=S([O-])n1nnc2ccccc21. The van der Waals surface area contributed by atoms with Gasteiger partial charge in [0.1, 0.15) is 11.0 Å². The lowest BCUT2D eigenvalue weighted by Gasteiger charge is -2.02. The molecule has 0 amide bonds. The maximum absolute atomic E-state index is 10.5. The maximum Gasteiger partial charge on any atom is 0.114 e. The van der Waals surface area contributed by atoms with Gasteiger partial charge in [0.15, 0.2) is 0 Å². The van der Waals surface area contributed by atoms with Gasteiger partial charge in [-0.25, -0.2) is 0 Å². The molecule has 0 bridgehead atoms. The van der Waals surface area contributed by atoms with Crippen LogP contribution in [-0.2, 0) is 11.3 Å². The topological polar surface area (TPSA) is 70.8 Å². The van der Waals surface area contributed by atoms with E-state index in [1.807, 2.05) is 0 Å². The van der Waals surface area contributed by atoms with Crippen LogP contribution >= 0.6 is 0 Å². The van der Waals surface area contributed by atoms with Crippen LogP contribution in [0, 0.1) is 0 Å². The van der Waals surface area contributed by atoms with E-state index in [4.69, 9.17) is 0 Å². The Kier molecular flexibility index (Phi) is 1.63. The molecule has 0 aliphatic rings. The van der Waals surface area contributed by atoms with E-state index in [9.17, 15) is 8.76 Å². The fourth-order valence-corrected chi connectivity index (χ4v) is 1.37. The Morgan fingerprint density at radius 3 is 2.92 bits per heavy atom. The summed E-state index contributed by atoms with van der Waals surface area (Å²) in [5.74, 6) is 0. The van der Waals surface area contributed by atoms with Crippen LogP contribution in [0.15, 0.2) is 24.3 Å². The second kappa shape index (κ2) is 2.65. The summed E-state index contributed by atoms with van der Waals surface area (Å²) in [6.07, 6.45) is 0. The van der Waals surface area contributed by atoms with E-state index in [2.05, 4.69) is 10.3 Å². The molecule has 62 valence electrons. The molecule has 12 heavy (non-hydrogen) atoms. The first-order valence-corrected chi connectivity index (χ1v) is 4.22. The van der Waals surface area contributed by atoms with Crippen LogP contribution in [0.5, 0.6) is 0 Å². The molecule has 0 aliphatic carbocycles. The number of rotatable bonds is 1. The van der Waals surface area contributed by atoms with Crippen LogP contribution in [0.1, 0.15) is 0 Å². The lowest BCUT2D eigenvalue weighted by atomic mass is 10.3. The van der Waals surface area contributed by atoms with Gasteiger partial charge in [0.2, 0.25) is 0 Å². The lowest BCUT2D eigenvalue weighted by molar-refractivity contribution is 0.521. The fourth-order valence-electron chi connectivity index (χ4n) is 0.958. The van der Waals surface area contributed by atoms with Crippen LogP contribution in [0.25, 0.3) is 11.0 Å². The molecule has 1 aromatic heterocycles. The Morgan fingerprint density at radius 2 is 2.17 bits per heavy atom. The predicted molar refractivity (Wildman–Crippen MR) is 41.8 cm³/mol. The molecular weight excluding hydrogens is 178 g/mol. The van der Waals surface area contributed by atoms with Crippen LogP contribution < -0.4 is 0 Å². The highest BCUT2D eigenvalue weighted by Crippen LogP contribution is 2.09. The van der Waals surface area contributed by atoms with Gasteiger partial charge in [-0.1, -0.05) is 17.3 Å². The van der Waals surface area contributed by atoms with Gasteiger partial charge in [0.05, 0.1) is 11.3 Å². The molecule has 1 heterocycles. The second-order valence-corrected chi connectivity index (χ2v) is 2.95. The first-order chi connectivity index (χ1) is 5.79. The second-order valence-electron chi connectivity index (χ2n) is 2.17. The van der Waals surface area contributed by atoms with Crippen molar-refractivity contribution in [2.45, 2.75) is 0 Å². The van der Waals surface area contributed by atoms with Crippen molar-refractivity contribution >= 4 is 22.3 Å². The van der Waals surface area contributed by atoms with Crippen molar-refractivity contribution < 1.29 is 8.76 Å². The maximum atomic E-state index is 10.5. The lowest BCUT2D eigenvalue weighted by Crippen LogP contribution is -2.04. The molecule has 0 N–H and O–H groups in total. The standard InChI is InChI=1S/C6H5N3O2S/c10-12(11)9-6-4-2-1-3-5(6)7-8-9/h1-4H,(H,10,11)/p-1. The molecule has 2 aromatic rings. The number of hydrogen-bond donors (Lipinski definition) is 0. The first kappa shape index (κ1) is 7.38. The number of para-hydroxylation sites is 1. The Hall–Kier alpha value is -1.27. The van der Waals surface area contributed by atoms with Crippen molar-refractivity contribution in [2.24, 2.45) is 0 Å². The molecule has 2 rings (SSSR count). The summed E-state index contributed by atoms with van der Waals surface area (Å²) in [5.41, 5.74) is 1.06. The van der Waals surface area contributed by atoms with Gasteiger partial charge in [0.25, 0.3) is 0 Å². The van der Waals surface area contributed by atoms with Crippen molar-refractivity contribution in [3.63, 3.8) is 0 Å². The molecule has 1 aromatic carbocycles. The molecule has 6 heteroatoms. The Balaban J connectivity index is 2.79. The minimum absolute atomic E-state index is 0.492. The third-order valence-electron chi connectivity index (χ3n) is 1.46. The van der Waals surface area contributed by atoms with E-state index in [0.29, 0.717) is 11.0 Å². The molecule has 1 atom stereocenters. The van der Waals surface area contributed by atoms with Gasteiger partial charge in [0, 0.05) is 0 Å². The number of nitrogens with zero attached hydrogens (tertiary/aromatic N) is 3. The molecule has 1 unspecified atom stereocenters. The molecule has 5 nitrogen and oxygen atoms in total. The highest BCUT2D eigenvalue weighted by molar-refractivity contribution is 7.77. The van der Waals surface area contributed by atoms with Crippen LogP contribution in [0.3, 0.4) is 0 Å². The van der Waals surface area contributed by atoms with E-state index in [1.165, 1.54) is 0 Å². The molecule has 0 aliphatic heterocycles. The van der Waals surface area contributed by atoms with Crippen LogP contribution in [-0.4, -0.2) is 23.2 Å². The van der Waals surface area contributed by atoms with Crippen LogP contribution in [0.2, 0.25) is 0 Å². The van der Waals surface area contributed by atoms with Gasteiger partial charge in [-0.15, -0.1) is 5.10 Å². The van der Waals surface area contributed by atoms with Crippen molar-refractivity contribution in [1.29, 1.82) is 0 Å². The highest BCUT2D eigenvalue weighted by atomic mass is 32.2. The van der Waals surface area contributed by atoms with E-state index >= 15 is 0 Å². The van der Waals surface area contributed by atoms with E-state index in [-0.39, 0.29) is 0 Å². The number of hydrogen-bond acceptors (Lipinski definition) is 4. The number of fused-ring (bicyclic) bond motifs is 1. The largest absolute Gasteiger partial charge is 0.754 e. The van der Waals surface area contributed by atoms with E-state index in [0.717, 1.165) is 4.09 Å². The van der Waals surface area contributed by atoms with Crippen molar-refractivity contribution in [3.05, 3.63) is 24.3 Å². The summed E-state index contributed by atoms with van der Waals surface area (Å²) in [5, 5.41) is 7.11. The minimum Gasteiger partial charge on any atom is -0.754 e. The smallest absolute Gasteiger partial charge is 0.114 e. The van der Waals surface area contributed by atoms with Gasteiger partial charge < -0.3 is 4.55 Å². The van der Waals surface area contributed by atoms with Gasteiger partial charge >= 0.3 is 0 Å². The Labute approximate surface area is 70.4 Å². The third kappa shape index (κ3) is 1.01. The summed E-state index contributed by atoms with van der Waals surface area (Å²) in [6.45, 7) is 0. The zero-order chi connectivity index (χ0) is 8.55. The van der Waals surface area contributed by atoms with Gasteiger partial charge in [-0.05, 0) is 12.1 Å². The quantitative estimate of drug-likeness (QED) is 0.585. The average molecular weight is 182 g/mol. The fraction of sp³-hybridized carbons (Fsp3) is 0. The summed E-state index contributed by atoms with van der Waals surface area (Å²) >= 11 is -2.38. The van der Waals surface area contributed by atoms with Crippen molar-refractivity contribution in [2.75, 3.05) is 0 Å². The highest BCUT2D eigenvalue weighted by Gasteiger charge is 2.01. The summed E-state index contributed by atoms with van der Waals surface area (Å²) in [6, 6.07) is 6.85. The first-order valence-electron chi connectivity index (χ1n) is 3.19. The third-order valence-corrected chi connectivity index (χ3v) is 2.01.